The van der Waals surface area contributed by atoms with E-state index in [2.05, 4.69) is 21.2 Å². The number of amides is 2. The average molecular weight is 435 g/mol. The van der Waals surface area contributed by atoms with Gasteiger partial charge in [0, 0.05) is 18.4 Å². The van der Waals surface area contributed by atoms with Gasteiger partial charge in [0.25, 0.3) is 5.91 Å². The molecule has 1 aliphatic rings. The number of hydrazine groups is 2. The summed E-state index contributed by atoms with van der Waals surface area (Å²) in [5.74, 6) is -1.06. The first-order chi connectivity index (χ1) is 14.6. The van der Waals surface area contributed by atoms with Gasteiger partial charge in [0.2, 0.25) is 5.91 Å². The van der Waals surface area contributed by atoms with Crippen molar-refractivity contribution in [2.75, 3.05) is 6.54 Å². The number of benzene rings is 1. The van der Waals surface area contributed by atoms with E-state index in [1.807, 2.05) is 0 Å². The van der Waals surface area contributed by atoms with E-state index in [1.165, 1.54) is 23.5 Å². The highest BCUT2D eigenvalue weighted by atomic mass is 19.4. The van der Waals surface area contributed by atoms with Gasteiger partial charge < -0.3 is 15.8 Å². The first kappa shape index (κ1) is 22.2. The molecule has 0 saturated carbocycles. The van der Waals surface area contributed by atoms with E-state index >= 15 is 0 Å². The molecule has 2 heterocycles. The van der Waals surface area contributed by atoms with Crippen LogP contribution >= 0.6 is 0 Å². The second-order valence-electron chi connectivity index (χ2n) is 6.79. The summed E-state index contributed by atoms with van der Waals surface area (Å²) >= 11 is 0. The number of aromatic nitrogens is 1. The second kappa shape index (κ2) is 9.14. The number of nitrogens with zero attached hydrogens (tertiary/aromatic N) is 2. The van der Waals surface area contributed by atoms with E-state index in [0.717, 1.165) is 24.3 Å². The van der Waals surface area contributed by atoms with Crippen LogP contribution in [0.2, 0.25) is 0 Å². The fourth-order valence-electron chi connectivity index (χ4n) is 2.84. The molecule has 0 saturated heterocycles. The van der Waals surface area contributed by atoms with E-state index in [1.54, 1.807) is 19.1 Å². The molecule has 164 valence electrons. The van der Waals surface area contributed by atoms with E-state index < -0.39 is 35.7 Å². The lowest BCUT2D eigenvalue weighted by atomic mass is 10.1. The average Bonchev–Trinajstić information content (AvgIpc) is 3.19. The van der Waals surface area contributed by atoms with E-state index in [0.29, 0.717) is 5.69 Å². The first-order valence-corrected chi connectivity index (χ1v) is 9.25. The van der Waals surface area contributed by atoms with Gasteiger partial charge in [-0.1, -0.05) is 18.2 Å². The minimum Gasteiger partial charge on any atom is -0.387 e. The highest BCUT2D eigenvalue weighted by molar-refractivity contribution is 5.92. The number of nitrogens with one attached hydrogen (secondary N) is 3. The summed E-state index contributed by atoms with van der Waals surface area (Å²) in [6.45, 7) is 1.51. The second-order valence-corrected chi connectivity index (χ2v) is 6.79. The van der Waals surface area contributed by atoms with Gasteiger partial charge in [0.15, 0.2) is 0 Å². The number of aryl methyl sites for hydroxylation is 1. The maximum Gasteiger partial charge on any atom is 0.416 e. The first-order valence-electron chi connectivity index (χ1n) is 9.25. The number of aliphatic hydroxyl groups excluding tert-OH is 1. The minimum atomic E-state index is -4.47. The number of aliphatic hydroxyl groups is 1. The van der Waals surface area contributed by atoms with Gasteiger partial charge in [-0.25, -0.2) is 4.98 Å². The number of carbonyl (C=O) groups excluding carboxylic acids is 2. The van der Waals surface area contributed by atoms with E-state index in [9.17, 15) is 27.9 Å². The summed E-state index contributed by atoms with van der Waals surface area (Å²) in [6, 6.07) is 8.07. The van der Waals surface area contributed by atoms with E-state index in [-0.39, 0.29) is 17.8 Å². The van der Waals surface area contributed by atoms with Crippen molar-refractivity contribution >= 4 is 11.8 Å². The third-order valence-electron chi connectivity index (χ3n) is 4.47. The predicted octanol–water partition coefficient (Wildman–Crippen LogP) is 1.61. The molecule has 3 rings (SSSR count). The molecule has 1 aliphatic heterocycles. The normalized spacial score (nSPS) is 17.1. The molecular weight excluding hydrogens is 415 g/mol. The Morgan fingerprint density at radius 3 is 2.58 bits per heavy atom. The maximum absolute atomic E-state index is 12.6. The van der Waals surface area contributed by atoms with E-state index in [4.69, 9.17) is 0 Å². The van der Waals surface area contributed by atoms with Crippen LogP contribution in [0.4, 0.5) is 13.2 Å². The fraction of sp³-hybridized carbons (Fsp3) is 0.250. The molecule has 2 amide bonds. The van der Waals surface area contributed by atoms with Crippen molar-refractivity contribution in [2.45, 2.75) is 25.2 Å². The Hall–Kier alpha value is -3.44. The number of hydrogen-bond acceptors (Lipinski definition) is 6. The van der Waals surface area contributed by atoms with Gasteiger partial charge in [-0.3, -0.25) is 15.0 Å². The summed E-state index contributed by atoms with van der Waals surface area (Å²) in [5, 5.41) is 13.9. The van der Waals surface area contributed by atoms with Crippen LogP contribution in [0.25, 0.3) is 0 Å². The molecule has 4 N–H and O–H groups in total. The zero-order valence-electron chi connectivity index (χ0n) is 16.3. The van der Waals surface area contributed by atoms with Crippen molar-refractivity contribution in [1.29, 1.82) is 0 Å². The molecule has 31 heavy (non-hydrogen) atoms. The topological polar surface area (TPSA) is 107 Å². The van der Waals surface area contributed by atoms with Gasteiger partial charge in [-0.15, -0.1) is 5.12 Å². The summed E-state index contributed by atoms with van der Waals surface area (Å²) in [5.41, 5.74) is 5.45. The number of carbonyl (C=O) groups is 2. The largest absolute Gasteiger partial charge is 0.416 e. The fourth-order valence-corrected chi connectivity index (χ4v) is 2.84. The SMILES string of the molecule is Cc1cccc(C(=O)NN2NC=CC2C(=O)NCC(O)c2ccc(C(F)(F)F)cc2)n1. The van der Waals surface area contributed by atoms with Crippen molar-refractivity contribution in [3.8, 4) is 0 Å². The number of pyridine rings is 1. The molecule has 2 unspecified atom stereocenters. The van der Waals surface area contributed by atoms with Gasteiger partial charge in [-0.2, -0.15) is 13.2 Å². The Bertz CT molecular complexity index is 979. The lowest BCUT2D eigenvalue weighted by Gasteiger charge is -2.24. The summed E-state index contributed by atoms with van der Waals surface area (Å²) in [7, 11) is 0. The van der Waals surface area contributed by atoms with Crippen LogP contribution in [-0.4, -0.2) is 39.6 Å². The highest BCUT2D eigenvalue weighted by Gasteiger charge is 2.31. The third kappa shape index (κ3) is 5.58. The molecule has 0 spiro atoms. The van der Waals surface area contributed by atoms with Crippen molar-refractivity contribution in [3.63, 3.8) is 0 Å². The quantitative estimate of drug-likeness (QED) is 0.549. The lowest BCUT2D eigenvalue weighted by molar-refractivity contribution is -0.137. The highest BCUT2D eigenvalue weighted by Crippen LogP contribution is 2.29. The molecule has 0 bridgehead atoms. The summed E-state index contributed by atoms with van der Waals surface area (Å²) in [6.07, 6.45) is -2.73. The standard InChI is InChI=1S/C20H20F3N5O3/c1-12-3-2-4-15(26-12)18(30)27-28-16(9-10-25-28)19(31)24-11-17(29)13-5-7-14(8-6-13)20(21,22)23/h2-10,16-17,25,29H,11H2,1H3,(H,24,31)(H,27,30). The smallest absolute Gasteiger partial charge is 0.387 e. The van der Waals surface area contributed by atoms with Crippen LogP contribution in [0.15, 0.2) is 54.7 Å². The van der Waals surface area contributed by atoms with Crippen molar-refractivity contribution < 1.29 is 27.9 Å². The molecule has 11 heteroatoms. The van der Waals surface area contributed by atoms with Crippen LogP contribution < -0.4 is 16.2 Å². The molecule has 2 atom stereocenters. The monoisotopic (exact) mass is 435 g/mol. The maximum atomic E-state index is 12.6. The number of halogens is 3. The Balaban J connectivity index is 1.55. The van der Waals surface area contributed by atoms with Crippen LogP contribution in [0.5, 0.6) is 0 Å². The molecule has 8 nitrogen and oxygen atoms in total. The molecule has 0 fully saturated rings. The van der Waals surface area contributed by atoms with Crippen LogP contribution in [0.3, 0.4) is 0 Å². The molecular formula is C20H20F3N5O3. The summed E-state index contributed by atoms with van der Waals surface area (Å²) < 4.78 is 37.9. The Morgan fingerprint density at radius 2 is 1.94 bits per heavy atom. The molecule has 2 aromatic rings. The minimum absolute atomic E-state index is 0.172. The van der Waals surface area contributed by atoms with Crippen molar-refractivity contribution in [2.24, 2.45) is 0 Å². The Labute approximate surface area is 175 Å². The predicted molar refractivity (Wildman–Crippen MR) is 104 cm³/mol. The van der Waals surface area contributed by atoms with Gasteiger partial charge in [0.05, 0.1) is 11.7 Å². The molecule has 0 aliphatic carbocycles. The zero-order chi connectivity index (χ0) is 22.6. The van der Waals surface area contributed by atoms with Gasteiger partial charge >= 0.3 is 6.18 Å². The van der Waals surface area contributed by atoms with Crippen molar-refractivity contribution in [3.05, 3.63) is 77.3 Å². The van der Waals surface area contributed by atoms with Crippen LogP contribution in [0, 0.1) is 6.92 Å². The number of rotatable bonds is 6. The molecule has 1 aromatic carbocycles. The Kier molecular flexibility index (Phi) is 6.56. The zero-order valence-corrected chi connectivity index (χ0v) is 16.3. The van der Waals surface area contributed by atoms with Crippen molar-refractivity contribution in [1.82, 2.24) is 26.3 Å². The number of alkyl halides is 3. The molecule has 0 radical (unpaired) electrons. The summed E-state index contributed by atoms with van der Waals surface area (Å²) in [4.78, 5) is 28.9. The Morgan fingerprint density at radius 1 is 1.23 bits per heavy atom. The molecule has 1 aromatic heterocycles. The number of hydrogen-bond donors (Lipinski definition) is 4. The van der Waals surface area contributed by atoms with Crippen LogP contribution in [0.1, 0.15) is 33.4 Å². The van der Waals surface area contributed by atoms with Crippen LogP contribution in [-0.2, 0) is 11.0 Å². The van der Waals surface area contributed by atoms with Gasteiger partial charge in [-0.05, 0) is 42.8 Å². The van der Waals surface area contributed by atoms with Gasteiger partial charge in [0.1, 0.15) is 11.7 Å². The lowest BCUT2D eigenvalue weighted by Crippen LogP contribution is -2.56. The third-order valence-corrected chi connectivity index (χ3v) is 4.47.